The summed E-state index contributed by atoms with van der Waals surface area (Å²) in [5.74, 6) is 0.0493. The molecule has 2 rings (SSSR count). The van der Waals surface area contributed by atoms with E-state index in [9.17, 15) is 4.79 Å². The predicted octanol–water partition coefficient (Wildman–Crippen LogP) is 5.05. The summed E-state index contributed by atoms with van der Waals surface area (Å²) in [7, 11) is 1.90. The van der Waals surface area contributed by atoms with E-state index < -0.39 is 0 Å². The van der Waals surface area contributed by atoms with E-state index in [-0.39, 0.29) is 18.4 Å². The molecule has 0 aliphatic heterocycles. The van der Waals surface area contributed by atoms with Gasteiger partial charge in [0.2, 0.25) is 12.3 Å². The van der Waals surface area contributed by atoms with Gasteiger partial charge in [0.05, 0.1) is 0 Å². The fourth-order valence-electron chi connectivity index (χ4n) is 2.97. The van der Waals surface area contributed by atoms with Crippen LogP contribution in [0.3, 0.4) is 0 Å². The number of benzene rings is 2. The van der Waals surface area contributed by atoms with Crippen LogP contribution in [0.5, 0.6) is 0 Å². The molecule has 0 aromatic heterocycles. The van der Waals surface area contributed by atoms with Gasteiger partial charge in [0, 0.05) is 29.6 Å². The summed E-state index contributed by atoms with van der Waals surface area (Å²) in [4.78, 5) is 32.0. The fourth-order valence-corrected chi connectivity index (χ4v) is 3.88. The molecule has 0 radical (unpaired) electrons. The van der Waals surface area contributed by atoms with Crippen LogP contribution >= 0.6 is 11.8 Å². The summed E-state index contributed by atoms with van der Waals surface area (Å²) in [6, 6.07) is 16.4. The average molecular weight is 543 g/mol. The van der Waals surface area contributed by atoms with Crippen molar-refractivity contribution in [1.29, 1.82) is 0 Å². The Kier molecular flexibility index (Phi) is 24.5. The number of hydrogen-bond acceptors (Lipinski definition) is 6. The van der Waals surface area contributed by atoms with Crippen molar-refractivity contribution in [2.24, 2.45) is 5.73 Å². The Balaban J connectivity index is 0. The largest absolute Gasteiger partial charge is 0.398 e. The Morgan fingerprint density at radius 1 is 1.05 bits per heavy atom. The molecule has 0 heterocycles. The van der Waals surface area contributed by atoms with Crippen LogP contribution in [0.15, 0.2) is 77.6 Å². The molecule has 0 spiro atoms. The molecule has 1 unspecified atom stereocenters. The van der Waals surface area contributed by atoms with E-state index in [1.165, 1.54) is 23.6 Å². The number of carbonyl (C=O) groups excluding carboxylic acids is 3. The molecule has 6 N–H and O–H groups in total. The average Bonchev–Trinajstić information content (AvgIpc) is 2.90. The molecular weight excluding hydrogens is 496 g/mol. The monoisotopic (exact) mass is 542 g/mol. The second kappa shape index (κ2) is 25.3. The predicted molar refractivity (Wildman–Crippen MR) is 163 cm³/mol. The number of nitrogens with two attached hydrogens (primary N) is 2. The zero-order valence-electron chi connectivity index (χ0n) is 23.4. The summed E-state index contributed by atoms with van der Waals surface area (Å²) in [5, 5.41) is 6.30. The van der Waals surface area contributed by atoms with Gasteiger partial charge >= 0.3 is 0 Å². The number of nitrogens with one attached hydrogen (secondary N) is 2. The summed E-state index contributed by atoms with van der Waals surface area (Å²) < 4.78 is 0. The first-order chi connectivity index (χ1) is 18.3. The van der Waals surface area contributed by atoms with Gasteiger partial charge in [0.1, 0.15) is 6.29 Å². The summed E-state index contributed by atoms with van der Waals surface area (Å²) >= 11 is 1.56. The van der Waals surface area contributed by atoms with Crippen LogP contribution in [0.1, 0.15) is 51.2 Å². The van der Waals surface area contributed by atoms with Gasteiger partial charge in [-0.1, -0.05) is 88.5 Å². The Bertz CT molecular complexity index is 930. The second-order valence-corrected chi connectivity index (χ2v) is 9.31. The molecule has 1 atom stereocenters. The number of primary amides is 1. The topological polar surface area (TPSA) is 127 Å². The van der Waals surface area contributed by atoms with Gasteiger partial charge in [-0.05, 0) is 60.6 Å². The number of likely N-dealkylation sites (N-methyl/N-ethyl adjacent to an activating group) is 1. The number of thioether (sulfide) groups is 1. The molecule has 7 nitrogen and oxygen atoms in total. The summed E-state index contributed by atoms with van der Waals surface area (Å²) in [5.41, 5.74) is 13.5. The Morgan fingerprint density at radius 3 is 2.13 bits per heavy atom. The van der Waals surface area contributed by atoms with Crippen molar-refractivity contribution in [3.8, 4) is 0 Å². The lowest BCUT2D eigenvalue weighted by Crippen LogP contribution is -2.42. The normalized spacial score (nSPS) is 10.0. The SMILES string of the molecule is C=C(CCC(=O)NC(CNC)Cc1ccccc1)Sc1cc(CC)ccc1N.C=CC=O.CCC.NC=O. The Morgan fingerprint density at radius 2 is 1.63 bits per heavy atom. The lowest BCUT2D eigenvalue weighted by molar-refractivity contribution is -0.121. The van der Waals surface area contributed by atoms with Crippen molar-refractivity contribution in [2.45, 2.75) is 63.8 Å². The molecule has 0 fully saturated rings. The van der Waals surface area contributed by atoms with Crippen molar-refractivity contribution < 1.29 is 14.4 Å². The van der Waals surface area contributed by atoms with E-state index in [2.05, 4.69) is 68.5 Å². The number of rotatable bonds is 12. The molecule has 0 saturated carbocycles. The minimum atomic E-state index is 0.0493. The lowest BCUT2D eigenvalue weighted by Gasteiger charge is -2.19. The molecule has 0 aliphatic carbocycles. The Hall–Kier alpha value is -3.36. The molecule has 2 amide bonds. The maximum absolute atomic E-state index is 12.4. The number of amides is 2. The van der Waals surface area contributed by atoms with Gasteiger partial charge in [0.25, 0.3) is 0 Å². The third-order valence-corrected chi connectivity index (χ3v) is 5.67. The minimum Gasteiger partial charge on any atom is -0.398 e. The third kappa shape index (κ3) is 19.8. The first-order valence-electron chi connectivity index (χ1n) is 12.7. The maximum Gasteiger partial charge on any atom is 0.220 e. The molecule has 0 aliphatic rings. The standard InChI is InChI=1S/C23H31N3OS.C3H4O.C3H8.CH3NO/c1-4-18-11-12-21(24)22(15-18)28-17(2)10-13-23(27)26-20(16-25-3)14-19-8-6-5-7-9-19;1-2-3-4;1-3-2;2-1-3/h5-9,11-12,15,20,25H,2,4,10,13-14,16,24H2,1,3H3,(H,26,27);2-3H,1H2;3H2,1-2H3;1H,(H2,2,3). The fraction of sp³-hybridized carbons (Fsp3) is 0.367. The number of aldehydes is 1. The molecule has 38 heavy (non-hydrogen) atoms. The van der Waals surface area contributed by atoms with Crippen molar-refractivity contribution in [2.75, 3.05) is 19.3 Å². The van der Waals surface area contributed by atoms with E-state index in [0.29, 0.717) is 19.1 Å². The number of carbonyl (C=O) groups is 3. The maximum atomic E-state index is 12.4. The van der Waals surface area contributed by atoms with Crippen LogP contribution in [-0.2, 0) is 27.2 Å². The first kappa shape index (κ1) is 36.8. The van der Waals surface area contributed by atoms with Gasteiger partial charge in [-0.15, -0.1) is 0 Å². The third-order valence-electron chi connectivity index (χ3n) is 4.61. The van der Waals surface area contributed by atoms with Crippen molar-refractivity contribution >= 4 is 36.1 Å². The lowest BCUT2D eigenvalue weighted by atomic mass is 10.1. The van der Waals surface area contributed by atoms with Gasteiger partial charge in [-0.25, -0.2) is 0 Å². The van der Waals surface area contributed by atoms with Crippen LogP contribution in [0.2, 0.25) is 0 Å². The highest BCUT2D eigenvalue weighted by Crippen LogP contribution is 2.33. The molecule has 2 aromatic carbocycles. The summed E-state index contributed by atoms with van der Waals surface area (Å²) in [6.45, 7) is 14.3. The van der Waals surface area contributed by atoms with Crippen molar-refractivity contribution in [1.82, 2.24) is 10.6 Å². The summed E-state index contributed by atoms with van der Waals surface area (Å²) in [6.07, 6.45) is 6.17. The number of hydrogen-bond donors (Lipinski definition) is 4. The minimum absolute atomic E-state index is 0.0493. The van der Waals surface area contributed by atoms with Crippen LogP contribution < -0.4 is 22.1 Å². The van der Waals surface area contributed by atoms with Crippen molar-refractivity contribution in [3.05, 3.63) is 83.8 Å². The zero-order valence-corrected chi connectivity index (χ0v) is 24.2. The molecule has 8 heteroatoms. The molecule has 210 valence electrons. The van der Waals surface area contributed by atoms with E-state index >= 15 is 0 Å². The van der Waals surface area contributed by atoms with Crippen LogP contribution in [-0.4, -0.2) is 38.2 Å². The smallest absolute Gasteiger partial charge is 0.220 e. The van der Waals surface area contributed by atoms with E-state index in [1.54, 1.807) is 11.8 Å². The molecule has 0 bridgehead atoms. The number of anilines is 1. The van der Waals surface area contributed by atoms with Crippen LogP contribution in [0.25, 0.3) is 0 Å². The highest BCUT2D eigenvalue weighted by molar-refractivity contribution is 8.03. The number of aryl methyl sites for hydroxylation is 1. The molecule has 0 saturated heterocycles. The van der Waals surface area contributed by atoms with Crippen LogP contribution in [0.4, 0.5) is 5.69 Å². The van der Waals surface area contributed by atoms with Crippen molar-refractivity contribution in [3.63, 3.8) is 0 Å². The molecule has 2 aromatic rings. The highest BCUT2D eigenvalue weighted by atomic mass is 32.2. The van der Waals surface area contributed by atoms with E-state index in [1.807, 2.05) is 37.4 Å². The van der Waals surface area contributed by atoms with Crippen LogP contribution in [0, 0.1) is 0 Å². The quantitative estimate of drug-likeness (QED) is 0.129. The zero-order chi connectivity index (χ0) is 29.2. The Labute approximate surface area is 233 Å². The molecular formula is C30H46N4O3S. The van der Waals surface area contributed by atoms with Gasteiger partial charge < -0.3 is 22.1 Å². The number of allylic oxidation sites excluding steroid dienone is 2. The second-order valence-electron chi connectivity index (χ2n) is 8.09. The van der Waals surface area contributed by atoms with E-state index in [0.717, 1.165) is 34.9 Å². The highest BCUT2D eigenvalue weighted by Gasteiger charge is 2.13. The van der Waals surface area contributed by atoms with Gasteiger partial charge in [-0.3, -0.25) is 14.4 Å². The van der Waals surface area contributed by atoms with E-state index in [4.69, 9.17) is 15.3 Å². The van der Waals surface area contributed by atoms with Gasteiger partial charge in [0.15, 0.2) is 0 Å². The first-order valence-corrected chi connectivity index (χ1v) is 13.5. The number of nitrogen functional groups attached to an aromatic ring is 1. The van der Waals surface area contributed by atoms with Gasteiger partial charge in [-0.2, -0.15) is 0 Å².